The molecular weight excluding hydrogens is 213 g/mol. The fraction of sp³-hybridized carbons (Fsp3) is 0.375. The van der Waals surface area contributed by atoms with Crippen molar-refractivity contribution in [3.8, 4) is 0 Å². The van der Waals surface area contributed by atoms with Crippen LogP contribution in [0, 0.1) is 0 Å². The van der Waals surface area contributed by atoms with Crippen LogP contribution in [0.2, 0.25) is 0 Å². The first kappa shape index (κ1) is 11.4. The Bertz CT molecular complexity index is 395. The van der Waals surface area contributed by atoms with Crippen molar-refractivity contribution in [2.75, 3.05) is 0 Å². The number of carbonyl (C=O) groups excluding carboxylic acids is 2. The summed E-state index contributed by atoms with van der Waals surface area (Å²) in [4.78, 5) is 21.7. The molecule has 0 N–H and O–H groups in total. The van der Waals surface area contributed by atoms with Crippen LogP contribution in [0.1, 0.15) is 16.9 Å². The minimum atomic E-state index is -4.96. The molecule has 1 aromatic heterocycles. The van der Waals surface area contributed by atoms with Crippen LogP contribution in [0.15, 0.2) is 12.3 Å². The number of ketones is 2. The molecule has 0 unspecified atom stereocenters. The molecule has 0 saturated carbocycles. The van der Waals surface area contributed by atoms with Crippen molar-refractivity contribution in [3.63, 3.8) is 0 Å². The number of Topliss-reactive ketones (excluding diaryl/α,β-unsaturated/α-hetero) is 2. The molecule has 0 aliphatic heterocycles. The molecule has 0 amide bonds. The van der Waals surface area contributed by atoms with Crippen molar-refractivity contribution in [2.24, 2.45) is 7.05 Å². The highest BCUT2D eigenvalue weighted by Crippen LogP contribution is 2.18. The third-order valence-corrected chi connectivity index (χ3v) is 1.74. The summed E-state index contributed by atoms with van der Waals surface area (Å²) in [6, 6.07) is 1.26. The maximum absolute atomic E-state index is 11.8. The van der Waals surface area contributed by atoms with E-state index in [2.05, 4.69) is 5.10 Å². The van der Waals surface area contributed by atoms with E-state index in [1.807, 2.05) is 0 Å². The second kappa shape index (κ2) is 3.84. The number of nitrogens with zero attached hydrogens (tertiary/aromatic N) is 2. The second-order valence-corrected chi connectivity index (χ2v) is 2.86. The molecule has 1 rings (SSSR count). The Balaban J connectivity index is 2.74. The van der Waals surface area contributed by atoms with E-state index in [9.17, 15) is 22.8 Å². The number of hydrogen-bond donors (Lipinski definition) is 0. The normalized spacial score (nSPS) is 11.5. The topological polar surface area (TPSA) is 52.0 Å². The SMILES string of the molecule is Cn1nccc1C(=O)CC(=O)C(F)(F)F. The highest BCUT2D eigenvalue weighted by Gasteiger charge is 2.39. The van der Waals surface area contributed by atoms with Gasteiger partial charge in [-0.05, 0) is 6.07 Å². The van der Waals surface area contributed by atoms with Crippen molar-refractivity contribution < 1.29 is 22.8 Å². The minimum absolute atomic E-state index is 0.0207. The predicted octanol–water partition coefficient (Wildman–Crippen LogP) is 1.12. The lowest BCUT2D eigenvalue weighted by Crippen LogP contribution is -2.26. The van der Waals surface area contributed by atoms with Gasteiger partial charge in [0.25, 0.3) is 0 Å². The highest BCUT2D eigenvalue weighted by atomic mass is 19.4. The Morgan fingerprint density at radius 2 is 2.07 bits per heavy atom. The predicted molar refractivity (Wildman–Crippen MR) is 43.2 cm³/mol. The third-order valence-electron chi connectivity index (χ3n) is 1.74. The molecular formula is C8H7F3N2O2. The molecule has 0 atom stereocenters. The van der Waals surface area contributed by atoms with Crippen LogP contribution in [0.3, 0.4) is 0 Å². The molecule has 0 spiro atoms. The number of rotatable bonds is 3. The van der Waals surface area contributed by atoms with E-state index in [1.165, 1.54) is 19.3 Å². The van der Waals surface area contributed by atoms with Gasteiger partial charge in [0.15, 0.2) is 5.78 Å². The van der Waals surface area contributed by atoms with E-state index in [1.54, 1.807) is 0 Å². The average molecular weight is 220 g/mol. The van der Waals surface area contributed by atoms with E-state index in [-0.39, 0.29) is 5.69 Å². The van der Waals surface area contributed by atoms with Gasteiger partial charge in [-0.1, -0.05) is 0 Å². The van der Waals surface area contributed by atoms with Crippen molar-refractivity contribution in [2.45, 2.75) is 12.6 Å². The summed E-state index contributed by atoms with van der Waals surface area (Å²) >= 11 is 0. The quantitative estimate of drug-likeness (QED) is 0.566. The van der Waals surface area contributed by atoms with E-state index >= 15 is 0 Å². The first-order valence-corrected chi connectivity index (χ1v) is 3.93. The van der Waals surface area contributed by atoms with E-state index in [0.29, 0.717) is 0 Å². The summed E-state index contributed by atoms with van der Waals surface area (Å²) in [6.45, 7) is 0. The Hall–Kier alpha value is -1.66. The molecule has 0 fully saturated rings. The number of hydrogen-bond acceptors (Lipinski definition) is 3. The van der Waals surface area contributed by atoms with Gasteiger partial charge in [-0.2, -0.15) is 18.3 Å². The zero-order valence-electron chi connectivity index (χ0n) is 7.71. The molecule has 15 heavy (non-hydrogen) atoms. The Morgan fingerprint density at radius 1 is 1.47 bits per heavy atom. The molecule has 0 bridgehead atoms. The molecule has 0 aromatic carbocycles. The van der Waals surface area contributed by atoms with Gasteiger partial charge in [0.1, 0.15) is 5.69 Å². The summed E-state index contributed by atoms with van der Waals surface area (Å²) in [7, 11) is 1.41. The van der Waals surface area contributed by atoms with Crippen LogP contribution in [-0.2, 0) is 11.8 Å². The lowest BCUT2D eigenvalue weighted by Gasteiger charge is -2.04. The van der Waals surface area contributed by atoms with E-state index < -0.39 is 24.2 Å². The third kappa shape index (κ3) is 2.64. The number of aryl methyl sites for hydroxylation is 1. The second-order valence-electron chi connectivity index (χ2n) is 2.86. The van der Waals surface area contributed by atoms with Crippen LogP contribution in [-0.4, -0.2) is 27.5 Å². The van der Waals surface area contributed by atoms with Gasteiger partial charge < -0.3 is 0 Å². The molecule has 1 heterocycles. The van der Waals surface area contributed by atoms with Crippen LogP contribution in [0.5, 0.6) is 0 Å². The Kier molecular flexibility index (Phi) is 2.92. The Morgan fingerprint density at radius 3 is 2.47 bits per heavy atom. The number of halogens is 3. The highest BCUT2D eigenvalue weighted by molar-refractivity contribution is 6.08. The lowest BCUT2D eigenvalue weighted by molar-refractivity contribution is -0.170. The van der Waals surface area contributed by atoms with Gasteiger partial charge in [-0.3, -0.25) is 14.3 Å². The maximum Gasteiger partial charge on any atom is 0.450 e. The fourth-order valence-corrected chi connectivity index (χ4v) is 0.984. The largest absolute Gasteiger partial charge is 0.450 e. The van der Waals surface area contributed by atoms with Crippen molar-refractivity contribution >= 4 is 11.6 Å². The van der Waals surface area contributed by atoms with Gasteiger partial charge in [0.2, 0.25) is 5.78 Å². The first-order valence-electron chi connectivity index (χ1n) is 3.93. The van der Waals surface area contributed by atoms with E-state index in [4.69, 9.17) is 0 Å². The molecule has 82 valence electrons. The van der Waals surface area contributed by atoms with Crippen LogP contribution >= 0.6 is 0 Å². The summed E-state index contributed by atoms with van der Waals surface area (Å²) in [5, 5.41) is 3.61. The average Bonchev–Trinajstić information content (AvgIpc) is 2.49. The van der Waals surface area contributed by atoms with Crippen molar-refractivity contribution in [1.82, 2.24) is 9.78 Å². The minimum Gasteiger partial charge on any atom is -0.292 e. The zero-order chi connectivity index (χ0) is 11.6. The van der Waals surface area contributed by atoms with Gasteiger partial charge >= 0.3 is 6.18 Å². The standard InChI is InChI=1S/C8H7F3N2O2/c1-13-5(2-3-12-13)6(14)4-7(15)8(9,10)11/h2-3H,4H2,1H3. The van der Waals surface area contributed by atoms with Crippen molar-refractivity contribution in [1.29, 1.82) is 0 Å². The number of alkyl halides is 3. The number of aromatic nitrogens is 2. The molecule has 1 aromatic rings. The van der Waals surface area contributed by atoms with Gasteiger partial charge in [-0.15, -0.1) is 0 Å². The summed E-state index contributed by atoms with van der Waals surface area (Å²) in [6.07, 6.45) is -4.87. The Labute approximate surface area is 82.7 Å². The van der Waals surface area contributed by atoms with Gasteiger partial charge in [0, 0.05) is 13.2 Å². The molecule has 0 saturated heterocycles. The smallest absolute Gasteiger partial charge is 0.292 e. The summed E-state index contributed by atoms with van der Waals surface area (Å²) in [5.41, 5.74) is -0.0207. The van der Waals surface area contributed by atoms with Crippen LogP contribution in [0.4, 0.5) is 13.2 Å². The van der Waals surface area contributed by atoms with E-state index in [0.717, 1.165) is 4.68 Å². The van der Waals surface area contributed by atoms with Crippen molar-refractivity contribution in [3.05, 3.63) is 18.0 Å². The molecule has 0 radical (unpaired) electrons. The number of carbonyl (C=O) groups is 2. The summed E-state index contributed by atoms with van der Waals surface area (Å²) < 4.78 is 36.6. The van der Waals surface area contributed by atoms with Gasteiger partial charge in [0.05, 0.1) is 6.42 Å². The monoisotopic (exact) mass is 220 g/mol. The molecule has 0 aliphatic rings. The molecule has 4 nitrogen and oxygen atoms in total. The molecule has 0 aliphatic carbocycles. The van der Waals surface area contributed by atoms with Gasteiger partial charge in [-0.25, -0.2) is 0 Å². The zero-order valence-corrected chi connectivity index (χ0v) is 7.71. The van der Waals surface area contributed by atoms with Crippen LogP contribution in [0.25, 0.3) is 0 Å². The first-order chi connectivity index (χ1) is 6.82. The molecule has 7 heteroatoms. The fourth-order valence-electron chi connectivity index (χ4n) is 0.984. The lowest BCUT2D eigenvalue weighted by atomic mass is 10.1. The summed E-state index contributed by atoms with van der Waals surface area (Å²) in [5.74, 6) is -2.94. The maximum atomic E-state index is 11.8. The van der Waals surface area contributed by atoms with Crippen LogP contribution < -0.4 is 0 Å².